The summed E-state index contributed by atoms with van der Waals surface area (Å²) in [5, 5.41) is 2.66. The molecule has 17 heavy (non-hydrogen) atoms. The zero-order chi connectivity index (χ0) is 12.7. The number of hydrogen-bond acceptors (Lipinski definition) is 3. The van der Waals surface area contributed by atoms with E-state index >= 15 is 0 Å². The van der Waals surface area contributed by atoms with E-state index in [1.54, 1.807) is 7.11 Å². The van der Waals surface area contributed by atoms with Crippen LogP contribution in [-0.2, 0) is 14.3 Å². The Balaban J connectivity index is 2.40. The fraction of sp³-hybridized carbons (Fsp3) is 0.364. The van der Waals surface area contributed by atoms with Crippen LogP contribution in [-0.4, -0.2) is 32.8 Å². The molecule has 0 saturated carbocycles. The van der Waals surface area contributed by atoms with Gasteiger partial charge in [-0.1, -0.05) is 11.6 Å². The first-order valence-corrected chi connectivity index (χ1v) is 5.33. The van der Waals surface area contributed by atoms with E-state index in [9.17, 15) is 9.18 Å². The molecular formula is C11H13ClFNO3. The normalized spacial score (nSPS) is 10.3. The third-order valence-electron chi connectivity index (χ3n) is 1.87. The highest BCUT2D eigenvalue weighted by Gasteiger charge is 2.06. The molecule has 0 radical (unpaired) electrons. The largest absolute Gasteiger partial charge is 0.382 e. The molecule has 0 fully saturated rings. The van der Waals surface area contributed by atoms with Gasteiger partial charge in [0.25, 0.3) is 0 Å². The number of amides is 1. The first-order chi connectivity index (χ1) is 8.13. The minimum atomic E-state index is -0.454. The summed E-state index contributed by atoms with van der Waals surface area (Å²) >= 11 is 5.74. The van der Waals surface area contributed by atoms with Crippen molar-refractivity contribution >= 4 is 23.2 Å². The Bertz CT molecular complexity index is 387. The van der Waals surface area contributed by atoms with E-state index in [2.05, 4.69) is 5.32 Å². The van der Waals surface area contributed by atoms with Gasteiger partial charge in [-0.3, -0.25) is 4.79 Å². The summed E-state index contributed by atoms with van der Waals surface area (Å²) in [6.45, 7) is 0.655. The van der Waals surface area contributed by atoms with Crippen LogP contribution in [0.2, 0.25) is 5.02 Å². The van der Waals surface area contributed by atoms with Crippen molar-refractivity contribution in [3.8, 4) is 0 Å². The highest BCUT2D eigenvalue weighted by molar-refractivity contribution is 6.33. The van der Waals surface area contributed by atoms with Crippen molar-refractivity contribution in [2.24, 2.45) is 0 Å². The molecule has 0 saturated heterocycles. The maximum Gasteiger partial charge on any atom is 0.250 e. The third kappa shape index (κ3) is 5.12. The van der Waals surface area contributed by atoms with E-state index < -0.39 is 5.82 Å². The summed E-state index contributed by atoms with van der Waals surface area (Å²) in [6, 6.07) is 3.74. The molecule has 1 aromatic carbocycles. The fourth-order valence-corrected chi connectivity index (χ4v) is 1.30. The SMILES string of the molecule is COCCOCC(=O)Nc1ccc(F)cc1Cl. The first-order valence-electron chi connectivity index (χ1n) is 4.95. The van der Waals surface area contributed by atoms with Crippen molar-refractivity contribution in [2.45, 2.75) is 0 Å². The smallest absolute Gasteiger partial charge is 0.250 e. The molecule has 1 aromatic rings. The van der Waals surface area contributed by atoms with Gasteiger partial charge in [-0.15, -0.1) is 0 Å². The van der Waals surface area contributed by atoms with E-state index in [1.165, 1.54) is 12.1 Å². The van der Waals surface area contributed by atoms with Gasteiger partial charge in [-0.05, 0) is 18.2 Å². The molecule has 1 rings (SSSR count). The lowest BCUT2D eigenvalue weighted by atomic mass is 10.3. The monoisotopic (exact) mass is 261 g/mol. The van der Waals surface area contributed by atoms with Gasteiger partial charge in [-0.25, -0.2) is 4.39 Å². The van der Waals surface area contributed by atoms with Crippen LogP contribution < -0.4 is 5.32 Å². The molecule has 0 spiro atoms. The average molecular weight is 262 g/mol. The Hall–Kier alpha value is -1.17. The quantitative estimate of drug-likeness (QED) is 0.798. The van der Waals surface area contributed by atoms with Crippen molar-refractivity contribution in [3.63, 3.8) is 0 Å². The third-order valence-corrected chi connectivity index (χ3v) is 2.18. The van der Waals surface area contributed by atoms with Gasteiger partial charge in [0.15, 0.2) is 0 Å². The Morgan fingerprint density at radius 3 is 2.88 bits per heavy atom. The molecule has 0 bridgehead atoms. The Morgan fingerprint density at radius 1 is 1.47 bits per heavy atom. The van der Waals surface area contributed by atoms with Crippen LogP contribution in [0.1, 0.15) is 0 Å². The minimum absolute atomic E-state index is 0.100. The minimum Gasteiger partial charge on any atom is -0.382 e. The summed E-state index contributed by atoms with van der Waals surface area (Å²) in [7, 11) is 1.54. The number of carbonyl (C=O) groups excluding carboxylic acids is 1. The molecule has 0 unspecified atom stereocenters. The summed E-state index contributed by atoms with van der Waals surface area (Å²) < 4.78 is 22.5. The number of anilines is 1. The fourth-order valence-electron chi connectivity index (χ4n) is 1.08. The average Bonchev–Trinajstić information content (AvgIpc) is 2.28. The summed E-state index contributed by atoms with van der Waals surface area (Å²) in [5.74, 6) is -0.807. The summed E-state index contributed by atoms with van der Waals surface area (Å²) in [5.41, 5.74) is 0.355. The zero-order valence-corrected chi connectivity index (χ0v) is 10.1. The van der Waals surface area contributed by atoms with E-state index in [0.717, 1.165) is 6.07 Å². The number of carbonyl (C=O) groups is 1. The summed E-state index contributed by atoms with van der Waals surface area (Å²) in [6.07, 6.45) is 0. The number of rotatable bonds is 6. The van der Waals surface area contributed by atoms with E-state index in [-0.39, 0.29) is 17.5 Å². The molecule has 94 valence electrons. The predicted octanol–water partition coefficient (Wildman–Crippen LogP) is 2.08. The molecule has 0 atom stereocenters. The molecule has 6 heteroatoms. The highest BCUT2D eigenvalue weighted by atomic mass is 35.5. The van der Waals surface area contributed by atoms with Gasteiger partial charge < -0.3 is 14.8 Å². The molecule has 0 heterocycles. The van der Waals surface area contributed by atoms with E-state index in [1.807, 2.05) is 0 Å². The first kappa shape index (κ1) is 13.9. The molecule has 4 nitrogen and oxygen atoms in total. The molecule has 0 aliphatic heterocycles. The number of hydrogen-bond donors (Lipinski definition) is 1. The molecular weight excluding hydrogens is 249 g/mol. The number of benzene rings is 1. The van der Waals surface area contributed by atoms with Crippen LogP contribution in [0.15, 0.2) is 18.2 Å². The molecule has 1 amide bonds. The second kappa shape index (κ2) is 7.21. The molecule has 0 aliphatic carbocycles. The zero-order valence-electron chi connectivity index (χ0n) is 9.33. The molecule has 0 aromatic heterocycles. The number of halogens is 2. The van der Waals surface area contributed by atoms with Crippen LogP contribution in [0.3, 0.4) is 0 Å². The topological polar surface area (TPSA) is 47.6 Å². The maximum absolute atomic E-state index is 12.7. The van der Waals surface area contributed by atoms with Gasteiger partial charge >= 0.3 is 0 Å². The molecule has 0 aliphatic rings. The lowest BCUT2D eigenvalue weighted by Gasteiger charge is -2.07. The van der Waals surface area contributed by atoms with E-state index in [4.69, 9.17) is 21.1 Å². The van der Waals surface area contributed by atoms with Gasteiger partial charge in [0.05, 0.1) is 23.9 Å². The van der Waals surface area contributed by atoms with Gasteiger partial charge in [-0.2, -0.15) is 0 Å². The van der Waals surface area contributed by atoms with E-state index in [0.29, 0.717) is 18.9 Å². The second-order valence-electron chi connectivity index (χ2n) is 3.22. The van der Waals surface area contributed by atoms with Crippen molar-refractivity contribution in [1.82, 2.24) is 0 Å². The van der Waals surface area contributed by atoms with Crippen LogP contribution in [0.5, 0.6) is 0 Å². The van der Waals surface area contributed by atoms with Gasteiger partial charge in [0.1, 0.15) is 12.4 Å². The van der Waals surface area contributed by atoms with Crippen molar-refractivity contribution in [2.75, 3.05) is 32.2 Å². The number of nitrogens with one attached hydrogen (secondary N) is 1. The van der Waals surface area contributed by atoms with Crippen LogP contribution in [0.25, 0.3) is 0 Å². The van der Waals surface area contributed by atoms with Crippen molar-refractivity contribution < 1.29 is 18.7 Å². The summed E-state index contributed by atoms with van der Waals surface area (Å²) in [4.78, 5) is 11.4. The van der Waals surface area contributed by atoms with Gasteiger partial charge in [0, 0.05) is 7.11 Å². The van der Waals surface area contributed by atoms with Crippen molar-refractivity contribution in [1.29, 1.82) is 0 Å². The number of methoxy groups -OCH3 is 1. The predicted molar refractivity (Wildman–Crippen MR) is 62.7 cm³/mol. The Morgan fingerprint density at radius 2 is 2.24 bits per heavy atom. The lowest BCUT2D eigenvalue weighted by Crippen LogP contribution is -2.19. The lowest BCUT2D eigenvalue weighted by molar-refractivity contribution is -0.121. The Kier molecular flexibility index (Phi) is 5.90. The van der Waals surface area contributed by atoms with Crippen LogP contribution in [0.4, 0.5) is 10.1 Å². The second-order valence-corrected chi connectivity index (χ2v) is 3.62. The van der Waals surface area contributed by atoms with Gasteiger partial charge in [0.2, 0.25) is 5.91 Å². The van der Waals surface area contributed by atoms with Crippen LogP contribution in [0, 0.1) is 5.82 Å². The van der Waals surface area contributed by atoms with Crippen LogP contribution >= 0.6 is 11.6 Å². The molecule has 1 N–H and O–H groups in total. The standard InChI is InChI=1S/C11H13ClFNO3/c1-16-4-5-17-7-11(15)14-10-3-2-8(13)6-9(10)12/h2-3,6H,4-5,7H2,1H3,(H,14,15). The maximum atomic E-state index is 12.7. The number of ether oxygens (including phenoxy) is 2. The Labute approximate surface area is 104 Å². The highest BCUT2D eigenvalue weighted by Crippen LogP contribution is 2.22. The van der Waals surface area contributed by atoms with Crippen molar-refractivity contribution in [3.05, 3.63) is 29.0 Å².